The summed E-state index contributed by atoms with van der Waals surface area (Å²) in [4.78, 5) is 9.35. The van der Waals surface area contributed by atoms with Crippen LogP contribution in [0.1, 0.15) is 12.0 Å². The summed E-state index contributed by atoms with van der Waals surface area (Å²) in [6.45, 7) is 0.974. The normalized spacial score (nSPS) is 18.3. The van der Waals surface area contributed by atoms with E-state index < -0.39 is 15.8 Å². The van der Waals surface area contributed by atoms with Crippen LogP contribution in [-0.4, -0.2) is 48.9 Å². The second-order valence-electron chi connectivity index (χ2n) is 5.84. The molecule has 2 heterocycles. The molecule has 2 aromatic rings. The van der Waals surface area contributed by atoms with E-state index in [-0.39, 0.29) is 17.6 Å². The maximum atomic E-state index is 13.8. The van der Waals surface area contributed by atoms with Crippen molar-refractivity contribution in [3.63, 3.8) is 0 Å². The zero-order valence-electron chi connectivity index (χ0n) is 13.3. The standard InChI is InChI=1S/C16H19FN4O2S/c1-20(24(22,23)11-13-5-3-2-4-6-13)14-7-8-21(10-14)16-15(17)9-18-12-19-16/h2-6,9,12,14H,7-8,10-11H2,1H3. The molecule has 24 heavy (non-hydrogen) atoms. The number of sulfonamides is 1. The largest absolute Gasteiger partial charge is 0.352 e. The second-order valence-corrected chi connectivity index (χ2v) is 7.87. The lowest BCUT2D eigenvalue weighted by atomic mass is 10.2. The molecular formula is C16H19FN4O2S. The van der Waals surface area contributed by atoms with Crippen molar-refractivity contribution in [1.82, 2.24) is 14.3 Å². The number of rotatable bonds is 5. The summed E-state index contributed by atoms with van der Waals surface area (Å²) >= 11 is 0. The van der Waals surface area contributed by atoms with E-state index in [1.807, 2.05) is 18.2 Å². The van der Waals surface area contributed by atoms with Crippen LogP contribution in [0.25, 0.3) is 0 Å². The first-order valence-electron chi connectivity index (χ1n) is 7.67. The van der Waals surface area contributed by atoms with Gasteiger partial charge in [-0.15, -0.1) is 0 Å². The van der Waals surface area contributed by atoms with E-state index in [0.29, 0.717) is 19.5 Å². The third kappa shape index (κ3) is 3.54. The van der Waals surface area contributed by atoms with Gasteiger partial charge in [0.1, 0.15) is 6.33 Å². The molecule has 128 valence electrons. The number of nitrogens with zero attached hydrogens (tertiary/aromatic N) is 4. The highest BCUT2D eigenvalue weighted by Crippen LogP contribution is 2.24. The van der Waals surface area contributed by atoms with Crippen molar-refractivity contribution in [2.24, 2.45) is 0 Å². The van der Waals surface area contributed by atoms with Crippen molar-refractivity contribution in [2.45, 2.75) is 18.2 Å². The quantitative estimate of drug-likeness (QED) is 0.820. The van der Waals surface area contributed by atoms with Crippen molar-refractivity contribution in [2.75, 3.05) is 25.0 Å². The summed E-state index contributed by atoms with van der Waals surface area (Å²) in [6, 6.07) is 8.88. The van der Waals surface area contributed by atoms with Crippen LogP contribution in [0, 0.1) is 5.82 Å². The fourth-order valence-electron chi connectivity index (χ4n) is 2.88. The fourth-order valence-corrected chi connectivity index (χ4v) is 4.33. The van der Waals surface area contributed by atoms with Gasteiger partial charge in [0, 0.05) is 26.2 Å². The number of aromatic nitrogens is 2. The van der Waals surface area contributed by atoms with Gasteiger partial charge in [0.2, 0.25) is 10.0 Å². The highest BCUT2D eigenvalue weighted by atomic mass is 32.2. The van der Waals surface area contributed by atoms with E-state index in [1.54, 1.807) is 24.1 Å². The van der Waals surface area contributed by atoms with Gasteiger partial charge in [-0.3, -0.25) is 0 Å². The lowest BCUT2D eigenvalue weighted by molar-refractivity contribution is 0.389. The molecule has 0 spiro atoms. The lowest BCUT2D eigenvalue weighted by Gasteiger charge is -2.24. The summed E-state index contributed by atoms with van der Waals surface area (Å²) in [7, 11) is -1.85. The maximum Gasteiger partial charge on any atom is 0.218 e. The highest BCUT2D eigenvalue weighted by Gasteiger charge is 2.33. The number of benzene rings is 1. The van der Waals surface area contributed by atoms with Gasteiger partial charge in [0.15, 0.2) is 11.6 Å². The molecule has 1 unspecified atom stereocenters. The van der Waals surface area contributed by atoms with Crippen LogP contribution in [0.2, 0.25) is 0 Å². The highest BCUT2D eigenvalue weighted by molar-refractivity contribution is 7.88. The van der Waals surface area contributed by atoms with E-state index in [0.717, 1.165) is 11.8 Å². The topological polar surface area (TPSA) is 66.4 Å². The molecule has 0 N–H and O–H groups in total. The zero-order valence-corrected chi connectivity index (χ0v) is 14.2. The second kappa shape index (κ2) is 6.82. The Hall–Kier alpha value is -2.06. The van der Waals surface area contributed by atoms with Crippen LogP contribution in [0.4, 0.5) is 10.2 Å². The molecule has 3 rings (SSSR count). The summed E-state index contributed by atoms with van der Waals surface area (Å²) in [6.07, 6.45) is 3.04. The summed E-state index contributed by atoms with van der Waals surface area (Å²) in [5.41, 5.74) is 0.751. The number of anilines is 1. The average molecular weight is 350 g/mol. The van der Waals surface area contributed by atoms with Gasteiger partial charge in [0.05, 0.1) is 11.9 Å². The summed E-state index contributed by atoms with van der Waals surface area (Å²) in [5.74, 6) is -0.308. The minimum atomic E-state index is -3.43. The molecule has 0 bridgehead atoms. The Morgan fingerprint density at radius 1 is 1.33 bits per heavy atom. The third-order valence-electron chi connectivity index (χ3n) is 4.26. The van der Waals surface area contributed by atoms with Crippen molar-refractivity contribution in [1.29, 1.82) is 0 Å². The first-order chi connectivity index (χ1) is 11.5. The van der Waals surface area contributed by atoms with E-state index in [1.165, 1.54) is 10.6 Å². The molecule has 8 heteroatoms. The number of likely N-dealkylation sites (N-methyl/N-ethyl adjacent to an activating group) is 1. The predicted octanol–water partition coefficient (Wildman–Crippen LogP) is 1.66. The van der Waals surface area contributed by atoms with Gasteiger partial charge in [-0.25, -0.2) is 22.8 Å². The van der Waals surface area contributed by atoms with E-state index in [4.69, 9.17) is 0 Å². The average Bonchev–Trinajstić information content (AvgIpc) is 3.04. The smallest absolute Gasteiger partial charge is 0.218 e. The van der Waals surface area contributed by atoms with Crippen molar-refractivity contribution in [3.8, 4) is 0 Å². The molecule has 1 aromatic heterocycles. The molecule has 1 fully saturated rings. The fraction of sp³-hybridized carbons (Fsp3) is 0.375. The van der Waals surface area contributed by atoms with Gasteiger partial charge >= 0.3 is 0 Å². The zero-order chi connectivity index (χ0) is 17.2. The molecule has 1 atom stereocenters. The van der Waals surface area contributed by atoms with E-state index in [2.05, 4.69) is 9.97 Å². The van der Waals surface area contributed by atoms with Crippen LogP contribution in [0.15, 0.2) is 42.9 Å². The Labute approximate surface area is 141 Å². The Morgan fingerprint density at radius 3 is 2.79 bits per heavy atom. The molecule has 0 saturated carbocycles. The van der Waals surface area contributed by atoms with Crippen LogP contribution in [0.5, 0.6) is 0 Å². The van der Waals surface area contributed by atoms with Gasteiger partial charge < -0.3 is 4.90 Å². The summed E-state index contributed by atoms with van der Waals surface area (Å²) in [5, 5.41) is 0. The molecule has 0 radical (unpaired) electrons. The molecule has 1 aliphatic heterocycles. The van der Waals surface area contributed by atoms with Gasteiger partial charge in [0.25, 0.3) is 0 Å². The number of hydrogen-bond acceptors (Lipinski definition) is 5. The molecule has 1 aromatic carbocycles. The van der Waals surface area contributed by atoms with E-state index >= 15 is 0 Å². The summed E-state index contributed by atoms with van der Waals surface area (Å²) < 4.78 is 40.4. The first-order valence-corrected chi connectivity index (χ1v) is 9.28. The van der Waals surface area contributed by atoms with Gasteiger partial charge in [-0.1, -0.05) is 30.3 Å². The first kappa shape index (κ1) is 16.8. The molecular weight excluding hydrogens is 331 g/mol. The van der Waals surface area contributed by atoms with E-state index in [9.17, 15) is 12.8 Å². The Morgan fingerprint density at radius 2 is 2.08 bits per heavy atom. The SMILES string of the molecule is CN(C1CCN(c2ncncc2F)C1)S(=O)(=O)Cc1ccccc1. The van der Waals surface area contributed by atoms with Crippen molar-refractivity contribution >= 4 is 15.8 Å². The number of halogens is 1. The number of hydrogen-bond donors (Lipinski definition) is 0. The minimum absolute atomic E-state index is 0.0390. The van der Waals surface area contributed by atoms with Crippen molar-refractivity contribution < 1.29 is 12.8 Å². The van der Waals surface area contributed by atoms with Crippen LogP contribution in [-0.2, 0) is 15.8 Å². The van der Waals surface area contributed by atoms with Crippen LogP contribution < -0.4 is 4.90 Å². The Balaban J connectivity index is 1.70. The lowest BCUT2D eigenvalue weighted by Crippen LogP contribution is -2.39. The molecule has 1 aliphatic rings. The monoisotopic (exact) mass is 350 g/mol. The molecule has 1 saturated heterocycles. The van der Waals surface area contributed by atoms with Gasteiger partial charge in [-0.05, 0) is 12.0 Å². The van der Waals surface area contributed by atoms with Crippen molar-refractivity contribution in [3.05, 3.63) is 54.2 Å². The maximum absolute atomic E-state index is 13.8. The third-order valence-corrected chi connectivity index (χ3v) is 6.13. The molecule has 6 nitrogen and oxygen atoms in total. The minimum Gasteiger partial charge on any atom is -0.352 e. The van der Waals surface area contributed by atoms with Gasteiger partial charge in [-0.2, -0.15) is 4.31 Å². The predicted molar refractivity (Wildman–Crippen MR) is 89.4 cm³/mol. The molecule has 0 amide bonds. The van der Waals surface area contributed by atoms with Crippen LogP contribution in [0.3, 0.4) is 0 Å². The van der Waals surface area contributed by atoms with Crippen LogP contribution >= 0.6 is 0 Å². The Bertz CT molecular complexity index is 801. The molecule has 0 aliphatic carbocycles. The Kier molecular flexibility index (Phi) is 4.77.